The number of rotatable bonds is 7. The van der Waals surface area contributed by atoms with Gasteiger partial charge in [-0.25, -0.2) is 13.4 Å². The molecule has 7 nitrogen and oxygen atoms in total. The molecule has 29 heavy (non-hydrogen) atoms. The Morgan fingerprint density at radius 2 is 1.90 bits per heavy atom. The second kappa shape index (κ2) is 11.0. The van der Waals surface area contributed by atoms with Crippen LogP contribution in [-0.4, -0.2) is 59.9 Å². The molecule has 0 fully saturated rings. The maximum atomic E-state index is 12.3. The smallest absolute Gasteiger partial charge is 0.194 e. The minimum absolute atomic E-state index is 0. The average molecular weight is 533 g/mol. The molecule has 0 aliphatic carbocycles. The molecule has 0 amide bonds. The Morgan fingerprint density at radius 1 is 1.24 bits per heavy atom. The highest BCUT2D eigenvalue weighted by molar-refractivity contribution is 14.0. The highest BCUT2D eigenvalue weighted by atomic mass is 127. The molecule has 1 heterocycles. The van der Waals surface area contributed by atoms with Crippen LogP contribution in [0.15, 0.2) is 41.5 Å². The maximum absolute atomic E-state index is 12.3. The first-order valence-electron chi connectivity index (χ1n) is 9.45. The van der Waals surface area contributed by atoms with Crippen molar-refractivity contribution in [2.24, 2.45) is 4.99 Å². The van der Waals surface area contributed by atoms with E-state index < -0.39 is 14.6 Å². The summed E-state index contributed by atoms with van der Waals surface area (Å²) in [5.74, 6) is 1.50. The number of benzene rings is 1. The lowest BCUT2D eigenvalue weighted by atomic mass is 10.2. The molecular weight excluding hydrogens is 501 g/mol. The number of nitrogens with one attached hydrogen (secondary N) is 2. The third kappa shape index (κ3) is 7.29. The molecule has 2 aromatic rings. The number of halogens is 1. The largest absolute Gasteiger partial charge is 0.357 e. The van der Waals surface area contributed by atoms with Crippen molar-refractivity contribution in [2.75, 3.05) is 25.9 Å². The molecule has 1 aromatic carbocycles. The van der Waals surface area contributed by atoms with Gasteiger partial charge in [-0.05, 0) is 33.3 Å². The topological polar surface area (TPSA) is 90.4 Å². The molecule has 2 rings (SSSR count). The average Bonchev–Trinajstić information content (AvgIpc) is 3.09. The van der Waals surface area contributed by atoms with Crippen molar-refractivity contribution < 1.29 is 8.42 Å². The van der Waals surface area contributed by atoms with E-state index in [0.717, 1.165) is 17.1 Å². The van der Waals surface area contributed by atoms with E-state index in [1.165, 1.54) is 0 Å². The number of hydrogen-bond donors (Lipinski definition) is 2. The third-order valence-corrected chi connectivity index (χ3v) is 6.94. The molecule has 2 N–H and O–H groups in total. The fourth-order valence-electron chi connectivity index (χ4n) is 2.55. The number of hydrogen-bond acceptors (Lipinski definition) is 4. The standard InChI is InChI=1S/C20H31N5O2S.HI/c1-6-21-19(22-12-13-28(26,27)20(2,3)4)25(5)15-18-23-14-17(24-18)16-10-8-7-9-11-16;/h7-11,14H,6,12-13,15H2,1-5H3,(H,21,22)(H,23,24);1H. The van der Waals surface area contributed by atoms with Gasteiger partial charge < -0.3 is 15.2 Å². The molecule has 162 valence electrons. The van der Waals surface area contributed by atoms with Crippen LogP contribution in [0.3, 0.4) is 0 Å². The quantitative estimate of drug-likeness (QED) is 0.324. The highest BCUT2D eigenvalue weighted by Crippen LogP contribution is 2.17. The summed E-state index contributed by atoms with van der Waals surface area (Å²) < 4.78 is 23.8. The van der Waals surface area contributed by atoms with Gasteiger partial charge in [0.05, 0.1) is 35.5 Å². The first kappa shape index (κ1) is 25.4. The number of H-pyrrole nitrogens is 1. The monoisotopic (exact) mass is 533 g/mol. The predicted molar refractivity (Wildman–Crippen MR) is 130 cm³/mol. The summed E-state index contributed by atoms with van der Waals surface area (Å²) in [5, 5.41) is 3.21. The lowest BCUT2D eigenvalue weighted by Crippen LogP contribution is -2.39. The van der Waals surface area contributed by atoms with E-state index in [2.05, 4.69) is 20.3 Å². The molecule has 0 unspecified atom stereocenters. The van der Waals surface area contributed by atoms with Crippen LogP contribution in [0.4, 0.5) is 0 Å². The van der Waals surface area contributed by atoms with Crippen molar-refractivity contribution >= 4 is 39.8 Å². The molecule has 0 bridgehead atoms. The zero-order valence-electron chi connectivity index (χ0n) is 17.8. The van der Waals surface area contributed by atoms with Crippen molar-refractivity contribution in [1.29, 1.82) is 0 Å². The molecule has 0 aliphatic rings. The van der Waals surface area contributed by atoms with Gasteiger partial charge in [0.25, 0.3) is 0 Å². The van der Waals surface area contributed by atoms with E-state index in [0.29, 0.717) is 19.0 Å². The number of sulfone groups is 1. The molecule has 0 aliphatic heterocycles. The van der Waals surface area contributed by atoms with E-state index in [-0.39, 0.29) is 36.3 Å². The number of guanidine groups is 1. The molecule has 1 aromatic heterocycles. The zero-order chi connectivity index (χ0) is 20.8. The number of aromatic nitrogens is 2. The fraction of sp³-hybridized carbons (Fsp3) is 0.500. The second-order valence-corrected chi connectivity index (χ2v) is 10.5. The Bertz CT molecular complexity index is 889. The second-order valence-electron chi connectivity index (χ2n) is 7.63. The van der Waals surface area contributed by atoms with Crippen LogP contribution in [0.5, 0.6) is 0 Å². The van der Waals surface area contributed by atoms with Gasteiger partial charge in [-0.1, -0.05) is 30.3 Å². The SMILES string of the molecule is CCNC(=NCCS(=O)(=O)C(C)(C)C)N(C)Cc1ncc(-c2ccccc2)[nH]1.I. The Kier molecular flexibility index (Phi) is 9.60. The van der Waals surface area contributed by atoms with Crippen LogP contribution in [-0.2, 0) is 16.4 Å². The summed E-state index contributed by atoms with van der Waals surface area (Å²) in [6.07, 6.45) is 1.82. The van der Waals surface area contributed by atoms with Crippen molar-refractivity contribution in [1.82, 2.24) is 20.2 Å². The number of aliphatic imine (C=N–C) groups is 1. The summed E-state index contributed by atoms with van der Waals surface area (Å²) >= 11 is 0. The van der Waals surface area contributed by atoms with Crippen LogP contribution in [0, 0.1) is 0 Å². The molecule has 0 saturated heterocycles. The van der Waals surface area contributed by atoms with Crippen molar-refractivity contribution in [3.05, 3.63) is 42.4 Å². The summed E-state index contributed by atoms with van der Waals surface area (Å²) in [5.41, 5.74) is 2.04. The highest BCUT2D eigenvalue weighted by Gasteiger charge is 2.28. The third-order valence-electron chi connectivity index (χ3n) is 4.35. The molecule has 0 spiro atoms. The zero-order valence-corrected chi connectivity index (χ0v) is 20.9. The van der Waals surface area contributed by atoms with E-state index in [1.54, 1.807) is 20.8 Å². The van der Waals surface area contributed by atoms with Crippen LogP contribution in [0.1, 0.15) is 33.5 Å². The van der Waals surface area contributed by atoms with Gasteiger partial charge in [-0.2, -0.15) is 0 Å². The Balaban J connectivity index is 0.00000420. The molecular formula is C20H32IN5O2S. The molecule has 0 saturated carbocycles. The summed E-state index contributed by atoms with van der Waals surface area (Å²) in [6, 6.07) is 10.0. The predicted octanol–water partition coefficient (Wildman–Crippen LogP) is 3.31. The fourth-order valence-corrected chi connectivity index (χ4v) is 3.50. The first-order chi connectivity index (χ1) is 13.1. The van der Waals surface area contributed by atoms with Gasteiger partial charge in [-0.3, -0.25) is 4.99 Å². The van der Waals surface area contributed by atoms with Gasteiger partial charge in [0.1, 0.15) is 5.82 Å². The minimum atomic E-state index is -3.19. The van der Waals surface area contributed by atoms with E-state index in [4.69, 9.17) is 0 Å². The molecule has 0 atom stereocenters. The lowest BCUT2D eigenvalue weighted by molar-refractivity contribution is 0.464. The van der Waals surface area contributed by atoms with E-state index in [9.17, 15) is 8.42 Å². The van der Waals surface area contributed by atoms with E-state index in [1.807, 2.05) is 55.4 Å². The number of nitrogens with zero attached hydrogens (tertiary/aromatic N) is 3. The maximum Gasteiger partial charge on any atom is 0.194 e. The van der Waals surface area contributed by atoms with Crippen molar-refractivity contribution in [3.63, 3.8) is 0 Å². The number of aromatic amines is 1. The van der Waals surface area contributed by atoms with Crippen LogP contribution in [0.25, 0.3) is 11.3 Å². The van der Waals surface area contributed by atoms with Gasteiger partial charge in [0, 0.05) is 13.6 Å². The molecule has 9 heteroatoms. The minimum Gasteiger partial charge on any atom is -0.357 e. The van der Waals surface area contributed by atoms with Gasteiger partial charge in [0.15, 0.2) is 15.8 Å². The normalized spacial score (nSPS) is 12.4. The van der Waals surface area contributed by atoms with Crippen molar-refractivity contribution in [2.45, 2.75) is 39.0 Å². The van der Waals surface area contributed by atoms with Crippen LogP contribution >= 0.6 is 24.0 Å². The first-order valence-corrected chi connectivity index (χ1v) is 11.1. The summed E-state index contributed by atoms with van der Waals surface area (Å²) in [4.78, 5) is 14.2. The summed E-state index contributed by atoms with van der Waals surface area (Å²) in [7, 11) is -1.28. The summed E-state index contributed by atoms with van der Waals surface area (Å²) in [6.45, 7) is 8.57. The Morgan fingerprint density at radius 3 is 2.48 bits per heavy atom. The van der Waals surface area contributed by atoms with Gasteiger partial charge in [-0.15, -0.1) is 24.0 Å². The van der Waals surface area contributed by atoms with Crippen molar-refractivity contribution in [3.8, 4) is 11.3 Å². The Hall–Kier alpha value is -1.62. The number of imidazole rings is 1. The van der Waals surface area contributed by atoms with Gasteiger partial charge in [0.2, 0.25) is 0 Å². The van der Waals surface area contributed by atoms with Gasteiger partial charge >= 0.3 is 0 Å². The Labute approximate surface area is 191 Å². The van der Waals surface area contributed by atoms with Crippen LogP contribution in [0.2, 0.25) is 0 Å². The molecule has 0 radical (unpaired) electrons. The van der Waals surface area contributed by atoms with Crippen LogP contribution < -0.4 is 5.32 Å². The lowest BCUT2D eigenvalue weighted by Gasteiger charge is -2.22. The van der Waals surface area contributed by atoms with E-state index >= 15 is 0 Å².